The molecule has 0 spiro atoms. The Kier molecular flexibility index (Phi) is 5.54. The van der Waals surface area contributed by atoms with E-state index in [1.165, 1.54) is 74.7 Å². The lowest BCUT2D eigenvalue weighted by Gasteiger charge is -2.15. The minimum Gasteiger partial charge on any atom is -0.208 e. The van der Waals surface area contributed by atoms with Gasteiger partial charge in [0.1, 0.15) is 0 Å². The van der Waals surface area contributed by atoms with Crippen LogP contribution in [-0.4, -0.2) is 15.0 Å². The van der Waals surface area contributed by atoms with Gasteiger partial charge in [0.25, 0.3) is 0 Å². The summed E-state index contributed by atoms with van der Waals surface area (Å²) < 4.78 is 2.49. The highest BCUT2D eigenvalue weighted by atomic mass is 32.1. The van der Waals surface area contributed by atoms with Gasteiger partial charge in [0.15, 0.2) is 17.5 Å². The minimum atomic E-state index is 0.664. The third kappa shape index (κ3) is 3.92. The average molecular weight is 640 g/mol. The lowest BCUT2D eigenvalue weighted by Crippen LogP contribution is -2.01. The second-order valence-electron chi connectivity index (χ2n) is 12.7. The molecule has 0 N–H and O–H groups in total. The highest BCUT2D eigenvalue weighted by Crippen LogP contribution is 2.55. The van der Waals surface area contributed by atoms with Crippen LogP contribution >= 0.6 is 11.3 Å². The summed E-state index contributed by atoms with van der Waals surface area (Å²) in [6.07, 6.45) is 0. The Balaban J connectivity index is 1.27. The highest BCUT2D eigenvalue weighted by molar-refractivity contribution is 7.26. The number of hydrogen-bond donors (Lipinski definition) is 0. The number of rotatable bonds is 3. The van der Waals surface area contributed by atoms with E-state index in [1.54, 1.807) is 0 Å². The minimum absolute atomic E-state index is 0.664. The van der Waals surface area contributed by atoms with Crippen LogP contribution in [0.3, 0.4) is 0 Å². The van der Waals surface area contributed by atoms with Gasteiger partial charge < -0.3 is 0 Å². The van der Waals surface area contributed by atoms with Gasteiger partial charge >= 0.3 is 0 Å². The quantitative estimate of drug-likeness (QED) is 0.181. The van der Waals surface area contributed by atoms with Gasteiger partial charge in [-0.05, 0) is 67.2 Å². The maximum atomic E-state index is 5.41. The van der Waals surface area contributed by atoms with Gasteiger partial charge in [0.05, 0.1) is 0 Å². The molecule has 0 saturated heterocycles. The summed E-state index contributed by atoms with van der Waals surface area (Å²) in [7, 11) is 0. The van der Waals surface area contributed by atoms with Crippen LogP contribution in [0.2, 0.25) is 0 Å². The van der Waals surface area contributed by atoms with E-state index in [2.05, 4.69) is 133 Å². The molecule has 0 fully saturated rings. The first kappa shape index (κ1) is 26.8. The first-order valence-corrected chi connectivity index (χ1v) is 17.3. The molecule has 0 unspecified atom stereocenters. The molecule has 10 aromatic rings. The summed E-state index contributed by atoms with van der Waals surface area (Å²) in [4.78, 5) is 15.9. The molecule has 1 aliphatic carbocycles. The van der Waals surface area contributed by atoms with Gasteiger partial charge in [-0.1, -0.05) is 133 Å². The normalized spacial score (nSPS) is 12.1. The smallest absolute Gasteiger partial charge is 0.165 e. The monoisotopic (exact) mass is 639 g/mol. The summed E-state index contributed by atoms with van der Waals surface area (Å²) >= 11 is 1.84. The second-order valence-corrected chi connectivity index (χ2v) is 13.8. The van der Waals surface area contributed by atoms with Gasteiger partial charge in [0.2, 0.25) is 0 Å². The van der Waals surface area contributed by atoms with E-state index in [0.717, 1.165) is 16.7 Å². The van der Waals surface area contributed by atoms with Crippen LogP contribution in [0.15, 0.2) is 152 Å². The van der Waals surface area contributed by atoms with Crippen LogP contribution in [0.5, 0.6) is 0 Å². The van der Waals surface area contributed by atoms with Crippen molar-refractivity contribution in [2.24, 2.45) is 0 Å². The van der Waals surface area contributed by atoms with Gasteiger partial charge in [-0.25, -0.2) is 15.0 Å². The Morgan fingerprint density at radius 3 is 1.86 bits per heavy atom. The number of hydrogen-bond acceptors (Lipinski definition) is 4. The molecule has 0 atom stereocenters. The summed E-state index contributed by atoms with van der Waals surface area (Å²) in [5.41, 5.74) is 7.93. The zero-order valence-corrected chi connectivity index (χ0v) is 27.0. The number of benzene rings is 8. The predicted molar refractivity (Wildman–Crippen MR) is 206 cm³/mol. The second kappa shape index (κ2) is 10.1. The van der Waals surface area contributed by atoms with Crippen molar-refractivity contribution in [3.8, 4) is 56.4 Å². The summed E-state index contributed by atoms with van der Waals surface area (Å²) in [5, 5.41) is 9.78. The van der Waals surface area contributed by atoms with E-state index in [1.807, 2.05) is 29.5 Å². The molecule has 0 bridgehead atoms. The van der Waals surface area contributed by atoms with Crippen LogP contribution < -0.4 is 0 Å². The van der Waals surface area contributed by atoms with Crippen molar-refractivity contribution in [2.75, 3.05) is 0 Å². The Hall–Kier alpha value is -6.23. The maximum Gasteiger partial charge on any atom is 0.165 e. The molecular weight excluding hydrogens is 615 g/mol. The molecule has 11 rings (SSSR count). The Bertz CT molecular complexity index is 2990. The van der Waals surface area contributed by atoms with Crippen LogP contribution in [0.4, 0.5) is 0 Å². The van der Waals surface area contributed by atoms with Gasteiger partial charge in [0, 0.05) is 42.4 Å². The largest absolute Gasteiger partial charge is 0.208 e. The van der Waals surface area contributed by atoms with Crippen molar-refractivity contribution in [3.63, 3.8) is 0 Å². The number of nitrogens with zero attached hydrogens (tertiary/aromatic N) is 3. The lowest BCUT2D eigenvalue weighted by molar-refractivity contribution is 1.08. The van der Waals surface area contributed by atoms with E-state index in [0.29, 0.717) is 17.5 Å². The van der Waals surface area contributed by atoms with Crippen molar-refractivity contribution in [2.45, 2.75) is 0 Å². The van der Waals surface area contributed by atoms with E-state index < -0.39 is 0 Å². The van der Waals surface area contributed by atoms with Gasteiger partial charge in [-0.3, -0.25) is 0 Å². The molecule has 2 aromatic heterocycles. The summed E-state index contributed by atoms with van der Waals surface area (Å²) in [6, 6.07) is 54.2. The predicted octanol–water partition coefficient (Wildman–Crippen LogP) is 12.3. The van der Waals surface area contributed by atoms with Gasteiger partial charge in [-0.15, -0.1) is 11.3 Å². The van der Waals surface area contributed by atoms with Gasteiger partial charge in [-0.2, -0.15) is 0 Å². The SMILES string of the molecule is c1ccc(-c2nc(-c3ccc4ccc5ccccc5c4c3)nc(-c3c4c(cc5sc6ccccc6c35)-c3cccc5cccc-4c35)n2)cc1. The number of thiophene rings is 1. The van der Waals surface area contributed by atoms with Crippen molar-refractivity contribution >= 4 is 63.8 Å². The zero-order valence-electron chi connectivity index (χ0n) is 26.2. The highest BCUT2D eigenvalue weighted by Gasteiger charge is 2.29. The van der Waals surface area contributed by atoms with E-state index in [-0.39, 0.29) is 0 Å². The molecule has 8 aromatic carbocycles. The summed E-state index contributed by atoms with van der Waals surface area (Å²) in [6.45, 7) is 0. The Morgan fingerprint density at radius 2 is 1.00 bits per heavy atom. The molecule has 49 heavy (non-hydrogen) atoms. The third-order valence-electron chi connectivity index (χ3n) is 10.0. The van der Waals surface area contributed by atoms with Crippen LogP contribution in [0.25, 0.3) is 109 Å². The number of aromatic nitrogens is 3. The zero-order chi connectivity index (χ0) is 32.1. The Labute approximate surface area is 285 Å². The molecule has 226 valence electrons. The van der Waals surface area contributed by atoms with E-state index in [4.69, 9.17) is 15.0 Å². The summed E-state index contributed by atoms with van der Waals surface area (Å²) in [5.74, 6) is 2.02. The van der Waals surface area contributed by atoms with E-state index in [9.17, 15) is 0 Å². The fourth-order valence-corrected chi connectivity index (χ4v) is 9.01. The molecule has 0 saturated carbocycles. The van der Waals surface area contributed by atoms with Crippen LogP contribution in [0.1, 0.15) is 0 Å². The third-order valence-corrected chi connectivity index (χ3v) is 11.1. The molecule has 0 aliphatic heterocycles. The van der Waals surface area contributed by atoms with Crippen molar-refractivity contribution in [1.82, 2.24) is 15.0 Å². The first-order chi connectivity index (χ1) is 24.3. The lowest BCUT2D eigenvalue weighted by atomic mass is 9.93. The van der Waals surface area contributed by atoms with Crippen molar-refractivity contribution in [3.05, 3.63) is 152 Å². The fraction of sp³-hybridized carbons (Fsp3) is 0. The molecule has 1 aliphatic rings. The number of fused-ring (bicyclic) bond motifs is 9. The topological polar surface area (TPSA) is 38.7 Å². The molecule has 0 amide bonds. The molecular formula is C45H25N3S. The fourth-order valence-electron chi connectivity index (χ4n) is 7.85. The van der Waals surface area contributed by atoms with Crippen molar-refractivity contribution < 1.29 is 0 Å². The van der Waals surface area contributed by atoms with Crippen LogP contribution in [-0.2, 0) is 0 Å². The molecule has 2 heterocycles. The molecule has 3 nitrogen and oxygen atoms in total. The maximum absolute atomic E-state index is 5.41. The van der Waals surface area contributed by atoms with Crippen LogP contribution in [0, 0.1) is 0 Å². The first-order valence-electron chi connectivity index (χ1n) is 16.5. The molecule has 0 radical (unpaired) electrons. The standard InChI is InChI=1S/C45H25N3S/c1-2-11-29(12-3-1)43-46-44(30-23-22-27-21-20-26-10-4-5-15-31(26)35(27)24-30)48-45(47-43)42-40-34-18-9-14-28-13-8-17-32(39(28)34)36(40)25-38-41(42)33-16-6-7-19-37(33)49-38/h1-25H. The van der Waals surface area contributed by atoms with E-state index >= 15 is 0 Å². The molecule has 4 heteroatoms. The Morgan fingerprint density at radius 1 is 0.347 bits per heavy atom. The van der Waals surface area contributed by atoms with Crippen molar-refractivity contribution in [1.29, 1.82) is 0 Å². The average Bonchev–Trinajstić information content (AvgIpc) is 3.70.